The molecule has 116 valence electrons. The summed E-state index contributed by atoms with van der Waals surface area (Å²) >= 11 is 6.01. The zero-order chi connectivity index (χ0) is 16.3. The second kappa shape index (κ2) is 6.23. The van der Waals surface area contributed by atoms with Gasteiger partial charge in [0.25, 0.3) is 0 Å². The fraction of sp³-hybridized carbons (Fsp3) is 0.143. The molecule has 0 fully saturated rings. The molecule has 4 nitrogen and oxygen atoms in total. The lowest BCUT2D eigenvalue weighted by atomic mass is 10.1. The number of benzene rings is 1. The molecule has 2 aromatic rings. The molecule has 2 rings (SSSR count). The molecule has 0 spiro atoms. The van der Waals surface area contributed by atoms with E-state index in [9.17, 15) is 18.0 Å². The van der Waals surface area contributed by atoms with Gasteiger partial charge in [-0.25, -0.2) is 0 Å². The molecule has 0 saturated heterocycles. The van der Waals surface area contributed by atoms with E-state index < -0.39 is 18.1 Å². The van der Waals surface area contributed by atoms with Crippen LogP contribution in [0.5, 0.6) is 5.75 Å². The van der Waals surface area contributed by atoms with E-state index in [1.165, 1.54) is 24.4 Å². The molecule has 0 aliphatic rings. The average Bonchev–Trinajstić information content (AvgIpc) is 2.36. The third-order valence-corrected chi connectivity index (χ3v) is 2.88. The number of aromatic nitrogens is 1. The van der Waals surface area contributed by atoms with E-state index in [1.807, 2.05) is 0 Å². The Morgan fingerprint density at radius 3 is 2.64 bits per heavy atom. The van der Waals surface area contributed by atoms with E-state index in [0.29, 0.717) is 11.1 Å². The van der Waals surface area contributed by atoms with Crippen LogP contribution >= 0.6 is 11.6 Å². The number of carboxylic acids is 1. The maximum atomic E-state index is 12.2. The average molecular weight is 332 g/mol. The number of hydrogen-bond acceptors (Lipinski definition) is 3. The van der Waals surface area contributed by atoms with Gasteiger partial charge in [-0.1, -0.05) is 23.7 Å². The molecule has 0 atom stereocenters. The van der Waals surface area contributed by atoms with E-state index >= 15 is 0 Å². The molecule has 0 unspecified atom stereocenters. The first-order valence-electron chi connectivity index (χ1n) is 5.97. The van der Waals surface area contributed by atoms with E-state index in [2.05, 4.69) is 9.72 Å². The Labute approximate surface area is 128 Å². The SMILES string of the molecule is O=C(O)Cc1cnc(-c2cccc(OC(F)(F)F)c2)c(Cl)c1. The molecule has 1 heterocycles. The fourth-order valence-corrected chi connectivity index (χ4v) is 2.10. The molecule has 1 aromatic carbocycles. The van der Waals surface area contributed by atoms with Gasteiger partial charge in [0.1, 0.15) is 5.75 Å². The molecular formula is C14H9ClF3NO3. The summed E-state index contributed by atoms with van der Waals surface area (Å²) in [5.41, 5.74) is 0.959. The van der Waals surface area contributed by atoms with E-state index in [-0.39, 0.29) is 17.1 Å². The van der Waals surface area contributed by atoms with Gasteiger partial charge in [0.2, 0.25) is 0 Å². The normalized spacial score (nSPS) is 11.3. The van der Waals surface area contributed by atoms with Gasteiger partial charge in [-0.15, -0.1) is 13.2 Å². The monoisotopic (exact) mass is 331 g/mol. The summed E-state index contributed by atoms with van der Waals surface area (Å²) in [6, 6.07) is 6.62. The van der Waals surface area contributed by atoms with Crippen molar-refractivity contribution in [3.8, 4) is 17.0 Å². The number of halogens is 4. The first-order chi connectivity index (χ1) is 10.2. The summed E-state index contributed by atoms with van der Waals surface area (Å²) in [6.45, 7) is 0. The molecule has 0 saturated carbocycles. The number of ether oxygens (including phenoxy) is 1. The van der Waals surface area contributed by atoms with Crippen LogP contribution in [0.3, 0.4) is 0 Å². The number of hydrogen-bond donors (Lipinski definition) is 1. The van der Waals surface area contributed by atoms with E-state index in [4.69, 9.17) is 16.7 Å². The Hall–Kier alpha value is -2.28. The van der Waals surface area contributed by atoms with Crippen molar-refractivity contribution in [1.82, 2.24) is 4.98 Å². The number of aliphatic carboxylic acids is 1. The van der Waals surface area contributed by atoms with Gasteiger partial charge in [-0.2, -0.15) is 0 Å². The zero-order valence-corrected chi connectivity index (χ0v) is 11.6. The van der Waals surface area contributed by atoms with Crippen molar-refractivity contribution in [3.63, 3.8) is 0 Å². The summed E-state index contributed by atoms with van der Waals surface area (Å²) in [6.07, 6.45) is -3.72. The smallest absolute Gasteiger partial charge is 0.481 e. The Kier molecular flexibility index (Phi) is 4.56. The predicted molar refractivity (Wildman–Crippen MR) is 72.7 cm³/mol. The number of nitrogens with zero attached hydrogens (tertiary/aromatic N) is 1. The highest BCUT2D eigenvalue weighted by molar-refractivity contribution is 6.33. The van der Waals surface area contributed by atoms with Crippen molar-refractivity contribution >= 4 is 17.6 Å². The van der Waals surface area contributed by atoms with Gasteiger partial charge in [0, 0.05) is 11.8 Å². The molecule has 0 aliphatic carbocycles. The number of carbonyl (C=O) groups is 1. The van der Waals surface area contributed by atoms with Crippen molar-refractivity contribution in [2.45, 2.75) is 12.8 Å². The van der Waals surface area contributed by atoms with Gasteiger partial charge in [0.05, 0.1) is 17.1 Å². The Bertz CT molecular complexity index is 704. The van der Waals surface area contributed by atoms with Crippen molar-refractivity contribution in [2.24, 2.45) is 0 Å². The fourth-order valence-electron chi connectivity index (χ4n) is 1.80. The van der Waals surface area contributed by atoms with Gasteiger partial charge in [-0.3, -0.25) is 9.78 Å². The van der Waals surface area contributed by atoms with Crippen molar-refractivity contribution in [3.05, 3.63) is 47.1 Å². The summed E-state index contributed by atoms with van der Waals surface area (Å²) in [4.78, 5) is 14.6. The van der Waals surface area contributed by atoms with Gasteiger partial charge >= 0.3 is 12.3 Å². The molecule has 0 amide bonds. The third-order valence-electron chi connectivity index (χ3n) is 2.59. The Balaban J connectivity index is 2.32. The maximum Gasteiger partial charge on any atom is 0.573 e. The first kappa shape index (κ1) is 16.1. The quantitative estimate of drug-likeness (QED) is 0.922. The molecule has 0 aliphatic heterocycles. The topological polar surface area (TPSA) is 59.4 Å². The third kappa shape index (κ3) is 4.36. The van der Waals surface area contributed by atoms with Crippen LogP contribution in [0, 0.1) is 0 Å². The molecule has 8 heteroatoms. The molecular weight excluding hydrogens is 323 g/mol. The minimum absolute atomic E-state index is 0.142. The van der Waals surface area contributed by atoms with Gasteiger partial charge < -0.3 is 9.84 Å². The molecule has 0 radical (unpaired) electrons. The number of rotatable bonds is 4. The standard InChI is InChI=1S/C14H9ClF3NO3/c15-11-4-8(5-12(20)21)7-19-13(11)9-2-1-3-10(6-9)22-14(16,17)18/h1-4,6-7H,5H2,(H,20,21). The van der Waals surface area contributed by atoms with Crippen LogP contribution < -0.4 is 4.74 Å². The number of carboxylic acid groups (broad SMARTS) is 1. The number of alkyl halides is 3. The second-order valence-electron chi connectivity index (χ2n) is 4.32. The Morgan fingerprint density at radius 2 is 2.05 bits per heavy atom. The summed E-state index contributed by atoms with van der Waals surface area (Å²) in [5, 5.41) is 8.84. The zero-order valence-electron chi connectivity index (χ0n) is 10.9. The van der Waals surface area contributed by atoms with Crippen LogP contribution in [0.15, 0.2) is 36.5 Å². The highest BCUT2D eigenvalue weighted by Gasteiger charge is 2.31. The van der Waals surface area contributed by atoms with Crippen LogP contribution in [-0.4, -0.2) is 22.4 Å². The molecule has 22 heavy (non-hydrogen) atoms. The lowest BCUT2D eigenvalue weighted by Crippen LogP contribution is -2.17. The Morgan fingerprint density at radius 1 is 1.32 bits per heavy atom. The molecule has 1 N–H and O–H groups in total. The van der Waals surface area contributed by atoms with E-state index in [0.717, 1.165) is 12.1 Å². The molecule has 0 bridgehead atoms. The predicted octanol–water partition coefficient (Wildman–Crippen LogP) is 3.93. The number of pyridine rings is 1. The summed E-state index contributed by atoms with van der Waals surface area (Å²) < 4.78 is 40.5. The maximum absolute atomic E-state index is 12.2. The van der Waals surface area contributed by atoms with E-state index in [1.54, 1.807) is 0 Å². The van der Waals surface area contributed by atoms with Crippen molar-refractivity contribution < 1.29 is 27.8 Å². The largest absolute Gasteiger partial charge is 0.573 e. The lowest BCUT2D eigenvalue weighted by Gasteiger charge is -2.10. The van der Waals surface area contributed by atoms with Crippen molar-refractivity contribution in [1.29, 1.82) is 0 Å². The van der Waals surface area contributed by atoms with Crippen LogP contribution in [0.1, 0.15) is 5.56 Å². The minimum Gasteiger partial charge on any atom is -0.481 e. The summed E-state index contributed by atoms with van der Waals surface area (Å²) in [5.74, 6) is -1.43. The van der Waals surface area contributed by atoms with Crippen molar-refractivity contribution in [2.75, 3.05) is 0 Å². The molecule has 1 aromatic heterocycles. The summed E-state index contributed by atoms with van der Waals surface area (Å²) in [7, 11) is 0. The van der Waals surface area contributed by atoms with Crippen LogP contribution in [0.2, 0.25) is 5.02 Å². The highest BCUT2D eigenvalue weighted by Crippen LogP contribution is 2.31. The highest BCUT2D eigenvalue weighted by atomic mass is 35.5. The lowest BCUT2D eigenvalue weighted by molar-refractivity contribution is -0.274. The van der Waals surface area contributed by atoms with Crippen LogP contribution in [0.25, 0.3) is 11.3 Å². The van der Waals surface area contributed by atoms with Crippen LogP contribution in [-0.2, 0) is 11.2 Å². The van der Waals surface area contributed by atoms with Crippen LogP contribution in [0.4, 0.5) is 13.2 Å². The van der Waals surface area contributed by atoms with Gasteiger partial charge in [0.15, 0.2) is 0 Å². The first-order valence-corrected chi connectivity index (χ1v) is 6.35. The van der Waals surface area contributed by atoms with Gasteiger partial charge in [-0.05, 0) is 23.8 Å². The second-order valence-corrected chi connectivity index (χ2v) is 4.73. The minimum atomic E-state index is -4.79.